The Morgan fingerprint density at radius 2 is 1.00 bits per heavy atom. The second-order valence-electron chi connectivity index (χ2n) is 9.46. The topological polar surface area (TPSA) is 83.8 Å². The zero-order valence-electron chi connectivity index (χ0n) is 21.2. The molecular weight excluding hydrogens is 404 g/mol. The summed E-state index contributed by atoms with van der Waals surface area (Å²) in [5.74, 6) is -1.61. The predicted molar refractivity (Wildman–Crippen MR) is 131 cm³/mol. The van der Waals surface area contributed by atoms with E-state index in [4.69, 9.17) is 4.74 Å². The third-order valence-electron chi connectivity index (χ3n) is 6.28. The van der Waals surface area contributed by atoms with Gasteiger partial charge in [-0.1, -0.05) is 123 Å². The average molecular weight is 457 g/mol. The van der Waals surface area contributed by atoms with E-state index in [9.17, 15) is 19.8 Å². The minimum Gasteiger partial charge on any atom is -0.393 e. The molecule has 190 valence electrons. The summed E-state index contributed by atoms with van der Waals surface area (Å²) >= 11 is 0. The summed E-state index contributed by atoms with van der Waals surface area (Å²) in [5, 5.41) is 19.8. The Labute approximate surface area is 197 Å². The molecule has 5 heteroatoms. The lowest BCUT2D eigenvalue weighted by Gasteiger charge is -2.22. The van der Waals surface area contributed by atoms with Crippen molar-refractivity contribution in [2.24, 2.45) is 0 Å². The number of carbonyl (C=O) groups is 2. The van der Waals surface area contributed by atoms with Crippen LogP contribution in [-0.4, -0.2) is 34.4 Å². The Balaban J connectivity index is 3.72. The summed E-state index contributed by atoms with van der Waals surface area (Å²) in [6.45, 7) is 3.68. The fourth-order valence-corrected chi connectivity index (χ4v) is 3.98. The van der Waals surface area contributed by atoms with Gasteiger partial charge in [-0.15, -0.1) is 0 Å². The maximum atomic E-state index is 12.2. The van der Waals surface area contributed by atoms with E-state index in [1.54, 1.807) is 0 Å². The Kier molecular flexibility index (Phi) is 21.2. The molecule has 0 aliphatic heterocycles. The standard InChI is InChI=1S/C27H52O5/c1-3-5-7-9-11-12-13-14-15-16-17-18-20-22-25(29)32-26(30)27(31,24-28)23-21-19-10-8-6-4-2/h28,31H,3-24H2,1-2H3. The van der Waals surface area contributed by atoms with Crippen molar-refractivity contribution in [2.75, 3.05) is 6.61 Å². The van der Waals surface area contributed by atoms with Crippen LogP contribution in [0.5, 0.6) is 0 Å². The summed E-state index contributed by atoms with van der Waals surface area (Å²) in [6, 6.07) is 0. The van der Waals surface area contributed by atoms with Crippen LogP contribution in [0.1, 0.15) is 149 Å². The van der Waals surface area contributed by atoms with Crippen LogP contribution in [0.3, 0.4) is 0 Å². The normalized spacial score (nSPS) is 13.1. The molecule has 0 aromatic rings. The van der Waals surface area contributed by atoms with E-state index >= 15 is 0 Å². The summed E-state index contributed by atoms with van der Waals surface area (Å²) in [6.07, 6.45) is 22.3. The van der Waals surface area contributed by atoms with E-state index in [2.05, 4.69) is 13.8 Å². The lowest BCUT2D eigenvalue weighted by atomic mass is 9.96. The molecule has 0 spiro atoms. The molecule has 0 fully saturated rings. The molecule has 5 nitrogen and oxygen atoms in total. The van der Waals surface area contributed by atoms with E-state index in [0.717, 1.165) is 38.5 Å². The molecule has 0 heterocycles. The first-order valence-corrected chi connectivity index (χ1v) is 13.6. The fourth-order valence-electron chi connectivity index (χ4n) is 3.98. The van der Waals surface area contributed by atoms with Gasteiger partial charge in [0.05, 0.1) is 6.61 Å². The van der Waals surface area contributed by atoms with Gasteiger partial charge in [0.25, 0.3) is 0 Å². The summed E-state index contributed by atoms with van der Waals surface area (Å²) in [4.78, 5) is 24.1. The van der Waals surface area contributed by atoms with Crippen molar-refractivity contribution in [3.05, 3.63) is 0 Å². The SMILES string of the molecule is CCCCCCCCCCCCCCCC(=O)OC(=O)C(O)(CO)CCCCCCCC. The molecule has 1 atom stereocenters. The van der Waals surface area contributed by atoms with Gasteiger partial charge in [0.2, 0.25) is 0 Å². The van der Waals surface area contributed by atoms with E-state index in [1.165, 1.54) is 70.6 Å². The van der Waals surface area contributed by atoms with Gasteiger partial charge in [-0.2, -0.15) is 0 Å². The largest absolute Gasteiger partial charge is 0.393 e. The van der Waals surface area contributed by atoms with E-state index in [-0.39, 0.29) is 12.8 Å². The molecule has 0 aromatic heterocycles. The van der Waals surface area contributed by atoms with E-state index < -0.39 is 24.1 Å². The Morgan fingerprint density at radius 3 is 1.41 bits per heavy atom. The molecule has 0 aliphatic carbocycles. The molecule has 0 bridgehead atoms. The van der Waals surface area contributed by atoms with Gasteiger partial charge >= 0.3 is 11.9 Å². The summed E-state index contributed by atoms with van der Waals surface area (Å²) < 4.78 is 4.82. The van der Waals surface area contributed by atoms with Crippen LogP contribution in [0.25, 0.3) is 0 Å². The molecule has 32 heavy (non-hydrogen) atoms. The van der Waals surface area contributed by atoms with Gasteiger partial charge in [0.15, 0.2) is 5.60 Å². The Hall–Kier alpha value is -0.940. The van der Waals surface area contributed by atoms with Crippen molar-refractivity contribution in [1.82, 2.24) is 0 Å². The molecular formula is C27H52O5. The first kappa shape index (κ1) is 31.1. The van der Waals surface area contributed by atoms with Crippen LogP contribution in [0.4, 0.5) is 0 Å². The van der Waals surface area contributed by atoms with Crippen molar-refractivity contribution >= 4 is 11.9 Å². The predicted octanol–water partition coefficient (Wildman–Crippen LogP) is 7.01. The van der Waals surface area contributed by atoms with Crippen LogP contribution >= 0.6 is 0 Å². The summed E-state index contributed by atoms with van der Waals surface area (Å²) in [7, 11) is 0. The molecule has 0 rings (SSSR count). The zero-order chi connectivity index (χ0) is 23.9. The number of rotatable bonds is 23. The minimum atomic E-state index is -1.96. The summed E-state index contributed by atoms with van der Waals surface area (Å²) in [5.41, 5.74) is -1.96. The average Bonchev–Trinajstić information content (AvgIpc) is 2.79. The quantitative estimate of drug-likeness (QED) is 0.0981. The molecule has 0 aliphatic rings. The number of hydrogen-bond acceptors (Lipinski definition) is 5. The monoisotopic (exact) mass is 456 g/mol. The van der Waals surface area contributed by atoms with Crippen LogP contribution in [0.2, 0.25) is 0 Å². The number of aliphatic hydroxyl groups excluding tert-OH is 1. The van der Waals surface area contributed by atoms with Crippen molar-refractivity contribution in [1.29, 1.82) is 0 Å². The number of ether oxygens (including phenoxy) is 1. The highest BCUT2D eigenvalue weighted by molar-refractivity contribution is 5.90. The van der Waals surface area contributed by atoms with Crippen molar-refractivity contribution in [2.45, 2.75) is 154 Å². The minimum absolute atomic E-state index is 0.125. The highest BCUT2D eigenvalue weighted by Gasteiger charge is 2.37. The van der Waals surface area contributed by atoms with Gasteiger partial charge in [0, 0.05) is 6.42 Å². The molecule has 1 unspecified atom stereocenters. The number of hydrogen-bond donors (Lipinski definition) is 2. The second-order valence-corrected chi connectivity index (χ2v) is 9.46. The molecule has 2 N–H and O–H groups in total. The van der Waals surface area contributed by atoms with E-state index in [1.807, 2.05) is 0 Å². The van der Waals surface area contributed by atoms with Crippen molar-refractivity contribution in [3.63, 3.8) is 0 Å². The highest BCUT2D eigenvalue weighted by Crippen LogP contribution is 2.19. The Bertz CT molecular complexity index is 451. The fraction of sp³-hybridized carbons (Fsp3) is 0.926. The second kappa shape index (κ2) is 21.9. The lowest BCUT2D eigenvalue weighted by Crippen LogP contribution is -2.44. The molecule has 0 amide bonds. The Morgan fingerprint density at radius 1 is 0.625 bits per heavy atom. The molecule has 0 saturated carbocycles. The van der Waals surface area contributed by atoms with Gasteiger partial charge in [-0.05, 0) is 19.3 Å². The number of carbonyl (C=O) groups excluding carboxylic acids is 2. The van der Waals surface area contributed by atoms with Crippen LogP contribution in [0.15, 0.2) is 0 Å². The maximum absolute atomic E-state index is 12.2. The van der Waals surface area contributed by atoms with Crippen LogP contribution < -0.4 is 0 Å². The third kappa shape index (κ3) is 17.6. The van der Waals surface area contributed by atoms with Gasteiger partial charge in [-0.3, -0.25) is 4.79 Å². The van der Waals surface area contributed by atoms with E-state index in [0.29, 0.717) is 12.8 Å². The first-order chi connectivity index (χ1) is 15.5. The smallest absolute Gasteiger partial charge is 0.348 e. The number of unbranched alkanes of at least 4 members (excludes halogenated alkanes) is 17. The highest BCUT2D eigenvalue weighted by atomic mass is 16.6. The van der Waals surface area contributed by atoms with Crippen LogP contribution in [-0.2, 0) is 14.3 Å². The van der Waals surface area contributed by atoms with Gasteiger partial charge in [-0.25, -0.2) is 4.79 Å². The molecule has 0 radical (unpaired) electrons. The third-order valence-corrected chi connectivity index (χ3v) is 6.28. The van der Waals surface area contributed by atoms with Crippen molar-refractivity contribution < 1.29 is 24.5 Å². The molecule has 0 aromatic carbocycles. The zero-order valence-corrected chi connectivity index (χ0v) is 21.2. The van der Waals surface area contributed by atoms with Crippen molar-refractivity contribution in [3.8, 4) is 0 Å². The lowest BCUT2D eigenvalue weighted by molar-refractivity contribution is -0.178. The maximum Gasteiger partial charge on any atom is 0.348 e. The molecule has 0 saturated heterocycles. The first-order valence-electron chi connectivity index (χ1n) is 13.6. The van der Waals surface area contributed by atoms with Gasteiger partial charge in [0.1, 0.15) is 0 Å². The number of aliphatic hydroxyl groups is 2. The van der Waals surface area contributed by atoms with Crippen LogP contribution in [0, 0.1) is 0 Å². The number of esters is 2. The van der Waals surface area contributed by atoms with Gasteiger partial charge < -0.3 is 14.9 Å².